The summed E-state index contributed by atoms with van der Waals surface area (Å²) in [5, 5.41) is 3.00. The fourth-order valence-corrected chi connectivity index (χ4v) is 2.98. The van der Waals surface area contributed by atoms with Crippen LogP contribution in [0.4, 0.5) is 4.79 Å². The van der Waals surface area contributed by atoms with Gasteiger partial charge in [0.2, 0.25) is 5.91 Å². The van der Waals surface area contributed by atoms with Crippen LogP contribution in [0, 0.1) is 5.92 Å². The zero-order valence-electron chi connectivity index (χ0n) is 14.4. The molecule has 24 heavy (non-hydrogen) atoms. The van der Waals surface area contributed by atoms with Crippen molar-refractivity contribution in [1.82, 2.24) is 10.2 Å². The van der Waals surface area contributed by atoms with Crippen LogP contribution < -0.4 is 20.5 Å². The molecule has 2 atom stereocenters. The minimum atomic E-state index is -0.475. The van der Waals surface area contributed by atoms with Crippen LogP contribution in [0.2, 0.25) is 0 Å². The lowest BCUT2D eigenvalue weighted by Crippen LogP contribution is -2.47. The van der Waals surface area contributed by atoms with Crippen molar-refractivity contribution in [1.29, 1.82) is 0 Å². The van der Waals surface area contributed by atoms with Crippen molar-refractivity contribution in [2.45, 2.75) is 25.8 Å². The SMILES string of the molecule is COc1ccc([C@H](C)NC(=O)[C@@H]2CCCN(C(N)=O)C2)c(OC)c1. The lowest BCUT2D eigenvalue weighted by Gasteiger charge is -2.31. The number of likely N-dealkylation sites (tertiary alicyclic amines) is 1. The minimum absolute atomic E-state index is 0.0775. The van der Waals surface area contributed by atoms with Gasteiger partial charge >= 0.3 is 6.03 Å². The molecule has 0 spiro atoms. The average Bonchev–Trinajstić information content (AvgIpc) is 2.60. The highest BCUT2D eigenvalue weighted by atomic mass is 16.5. The molecule has 1 aliphatic heterocycles. The van der Waals surface area contributed by atoms with Crippen LogP contribution in [0.25, 0.3) is 0 Å². The second kappa shape index (κ2) is 7.90. The number of ether oxygens (including phenoxy) is 2. The monoisotopic (exact) mass is 335 g/mol. The molecule has 0 unspecified atom stereocenters. The molecule has 1 aromatic rings. The number of rotatable bonds is 5. The van der Waals surface area contributed by atoms with Gasteiger partial charge in [-0.2, -0.15) is 0 Å². The van der Waals surface area contributed by atoms with E-state index in [-0.39, 0.29) is 17.9 Å². The summed E-state index contributed by atoms with van der Waals surface area (Å²) in [5.74, 6) is 1.03. The summed E-state index contributed by atoms with van der Waals surface area (Å²) < 4.78 is 10.6. The maximum Gasteiger partial charge on any atom is 0.314 e. The Morgan fingerprint density at radius 2 is 2.08 bits per heavy atom. The van der Waals surface area contributed by atoms with Crippen molar-refractivity contribution in [2.24, 2.45) is 11.7 Å². The Kier molecular flexibility index (Phi) is 5.89. The second-order valence-corrected chi connectivity index (χ2v) is 5.96. The Bertz CT molecular complexity index is 605. The zero-order valence-corrected chi connectivity index (χ0v) is 14.4. The van der Waals surface area contributed by atoms with Crippen molar-refractivity contribution in [2.75, 3.05) is 27.3 Å². The maximum absolute atomic E-state index is 12.5. The van der Waals surface area contributed by atoms with Crippen LogP contribution in [0.15, 0.2) is 18.2 Å². The Balaban J connectivity index is 2.04. The summed E-state index contributed by atoms with van der Waals surface area (Å²) in [7, 11) is 3.17. The summed E-state index contributed by atoms with van der Waals surface area (Å²) in [6.07, 6.45) is 1.53. The van der Waals surface area contributed by atoms with E-state index in [1.165, 1.54) is 4.90 Å². The van der Waals surface area contributed by atoms with Gasteiger partial charge in [0, 0.05) is 24.7 Å². The van der Waals surface area contributed by atoms with E-state index in [0.29, 0.717) is 24.6 Å². The zero-order chi connectivity index (χ0) is 17.7. The summed E-state index contributed by atoms with van der Waals surface area (Å²) in [6.45, 7) is 2.88. The highest BCUT2D eigenvalue weighted by Crippen LogP contribution is 2.29. The molecule has 0 aliphatic carbocycles. The molecule has 0 bridgehead atoms. The topological polar surface area (TPSA) is 93.9 Å². The molecule has 0 saturated carbocycles. The Morgan fingerprint density at radius 3 is 2.71 bits per heavy atom. The van der Waals surface area contributed by atoms with Crippen LogP contribution >= 0.6 is 0 Å². The summed E-state index contributed by atoms with van der Waals surface area (Å²) >= 11 is 0. The number of nitrogens with one attached hydrogen (secondary N) is 1. The second-order valence-electron chi connectivity index (χ2n) is 5.96. The van der Waals surface area contributed by atoms with Gasteiger partial charge < -0.3 is 25.4 Å². The molecule has 0 aromatic heterocycles. The molecule has 0 radical (unpaired) electrons. The predicted octanol–water partition coefficient (Wildman–Crippen LogP) is 1.67. The number of nitrogens with zero attached hydrogens (tertiary/aromatic N) is 1. The van der Waals surface area contributed by atoms with E-state index in [1.807, 2.05) is 19.1 Å². The third-order valence-electron chi connectivity index (χ3n) is 4.37. The van der Waals surface area contributed by atoms with Crippen molar-refractivity contribution in [3.8, 4) is 11.5 Å². The van der Waals surface area contributed by atoms with Gasteiger partial charge in [-0.05, 0) is 31.9 Å². The van der Waals surface area contributed by atoms with Crippen molar-refractivity contribution in [3.05, 3.63) is 23.8 Å². The molecule has 1 aromatic carbocycles. The first kappa shape index (κ1) is 17.9. The first-order valence-electron chi connectivity index (χ1n) is 8.03. The third-order valence-corrected chi connectivity index (χ3v) is 4.37. The number of piperidine rings is 1. The molecule has 1 heterocycles. The molecule has 1 aliphatic rings. The highest BCUT2D eigenvalue weighted by molar-refractivity contribution is 5.81. The predicted molar refractivity (Wildman–Crippen MR) is 90.0 cm³/mol. The van der Waals surface area contributed by atoms with E-state index < -0.39 is 6.03 Å². The molecule has 1 fully saturated rings. The average molecular weight is 335 g/mol. The molecule has 2 rings (SSSR count). The lowest BCUT2D eigenvalue weighted by molar-refractivity contribution is -0.126. The van der Waals surface area contributed by atoms with Gasteiger partial charge in [-0.15, -0.1) is 0 Å². The van der Waals surface area contributed by atoms with Gasteiger partial charge in [0.1, 0.15) is 11.5 Å². The van der Waals surface area contributed by atoms with Crippen molar-refractivity contribution >= 4 is 11.9 Å². The standard InChI is InChI=1S/C17H25N3O4/c1-11(14-7-6-13(23-2)9-15(14)24-3)19-16(21)12-5-4-8-20(10-12)17(18)22/h6-7,9,11-12H,4-5,8,10H2,1-3H3,(H2,18,22)(H,19,21)/t11-,12+/m0/s1. The molecule has 3 N–H and O–H groups in total. The van der Waals surface area contributed by atoms with Crippen LogP contribution in [-0.2, 0) is 4.79 Å². The largest absolute Gasteiger partial charge is 0.497 e. The molecule has 7 heteroatoms. The van der Waals surface area contributed by atoms with Gasteiger partial charge in [-0.25, -0.2) is 4.79 Å². The number of hydrogen-bond acceptors (Lipinski definition) is 4. The van der Waals surface area contributed by atoms with Crippen molar-refractivity contribution < 1.29 is 19.1 Å². The van der Waals surface area contributed by atoms with Crippen LogP contribution in [-0.4, -0.2) is 44.1 Å². The first-order chi connectivity index (χ1) is 11.5. The van der Waals surface area contributed by atoms with Crippen LogP contribution in [0.5, 0.6) is 11.5 Å². The molecular formula is C17H25N3O4. The van der Waals surface area contributed by atoms with Crippen LogP contribution in [0.1, 0.15) is 31.4 Å². The number of benzene rings is 1. The molecule has 132 valence electrons. The van der Waals surface area contributed by atoms with Crippen molar-refractivity contribution in [3.63, 3.8) is 0 Å². The van der Waals surface area contributed by atoms with Gasteiger partial charge in [-0.1, -0.05) is 0 Å². The quantitative estimate of drug-likeness (QED) is 0.856. The Morgan fingerprint density at radius 1 is 1.33 bits per heavy atom. The summed E-state index contributed by atoms with van der Waals surface area (Å²) in [5.41, 5.74) is 6.18. The number of nitrogens with two attached hydrogens (primary N) is 1. The van der Waals surface area contributed by atoms with E-state index in [9.17, 15) is 9.59 Å². The van der Waals surface area contributed by atoms with E-state index in [1.54, 1.807) is 20.3 Å². The molecule has 3 amide bonds. The molecule has 1 saturated heterocycles. The number of carbonyl (C=O) groups is 2. The number of primary amides is 1. The number of carbonyl (C=O) groups excluding carboxylic acids is 2. The van der Waals surface area contributed by atoms with E-state index in [4.69, 9.17) is 15.2 Å². The van der Waals surface area contributed by atoms with E-state index >= 15 is 0 Å². The normalized spacial score (nSPS) is 18.6. The molecular weight excluding hydrogens is 310 g/mol. The lowest BCUT2D eigenvalue weighted by atomic mass is 9.96. The maximum atomic E-state index is 12.5. The highest BCUT2D eigenvalue weighted by Gasteiger charge is 2.28. The summed E-state index contributed by atoms with van der Waals surface area (Å²) in [6, 6.07) is 4.79. The van der Waals surface area contributed by atoms with E-state index in [2.05, 4.69) is 5.32 Å². The minimum Gasteiger partial charge on any atom is -0.497 e. The fraction of sp³-hybridized carbons (Fsp3) is 0.529. The van der Waals surface area contributed by atoms with E-state index in [0.717, 1.165) is 18.4 Å². The number of hydrogen-bond donors (Lipinski definition) is 2. The molecule has 7 nitrogen and oxygen atoms in total. The van der Waals surface area contributed by atoms with Gasteiger partial charge in [0.05, 0.1) is 26.2 Å². The van der Waals surface area contributed by atoms with Gasteiger partial charge in [-0.3, -0.25) is 4.79 Å². The number of amides is 3. The smallest absolute Gasteiger partial charge is 0.314 e. The first-order valence-corrected chi connectivity index (χ1v) is 8.03. The van der Waals surface area contributed by atoms with Gasteiger partial charge in [0.15, 0.2) is 0 Å². The van der Waals surface area contributed by atoms with Gasteiger partial charge in [0.25, 0.3) is 0 Å². The Labute approximate surface area is 142 Å². The summed E-state index contributed by atoms with van der Waals surface area (Å²) in [4.78, 5) is 25.3. The number of urea groups is 1. The third kappa shape index (κ3) is 4.10. The fourth-order valence-electron chi connectivity index (χ4n) is 2.98. The number of methoxy groups -OCH3 is 2. The van der Waals surface area contributed by atoms with Crippen LogP contribution in [0.3, 0.4) is 0 Å². The Hall–Kier alpha value is -2.44.